The summed E-state index contributed by atoms with van der Waals surface area (Å²) < 4.78 is 10.7. The minimum atomic E-state index is -0.147. The molecule has 0 aromatic heterocycles. The summed E-state index contributed by atoms with van der Waals surface area (Å²) in [6.07, 6.45) is 0. The molecule has 0 aliphatic rings. The van der Waals surface area contributed by atoms with Crippen LogP contribution >= 0.6 is 0 Å². The van der Waals surface area contributed by atoms with Crippen molar-refractivity contribution in [2.24, 2.45) is 0 Å². The van der Waals surface area contributed by atoms with E-state index in [1.165, 1.54) is 0 Å². The molecule has 0 saturated carbocycles. The van der Waals surface area contributed by atoms with Crippen molar-refractivity contribution in [3.63, 3.8) is 0 Å². The van der Waals surface area contributed by atoms with E-state index in [9.17, 15) is 4.79 Å². The van der Waals surface area contributed by atoms with Gasteiger partial charge in [-0.2, -0.15) is 0 Å². The van der Waals surface area contributed by atoms with E-state index in [-0.39, 0.29) is 18.6 Å². The Morgan fingerprint density at radius 3 is 2.45 bits per heavy atom. The van der Waals surface area contributed by atoms with Crippen molar-refractivity contribution in [2.75, 3.05) is 13.7 Å². The van der Waals surface area contributed by atoms with Crippen molar-refractivity contribution in [3.05, 3.63) is 59.7 Å². The Morgan fingerprint density at radius 1 is 1.14 bits per heavy atom. The van der Waals surface area contributed by atoms with Crippen LogP contribution in [0.3, 0.4) is 0 Å². The lowest BCUT2D eigenvalue weighted by Gasteiger charge is -2.15. The van der Waals surface area contributed by atoms with E-state index < -0.39 is 0 Å². The molecule has 1 N–H and O–H groups in total. The Labute approximate surface area is 131 Å². The van der Waals surface area contributed by atoms with Gasteiger partial charge in [0.2, 0.25) is 0 Å². The van der Waals surface area contributed by atoms with Gasteiger partial charge in [0.1, 0.15) is 11.5 Å². The lowest BCUT2D eigenvalue weighted by atomic mass is 10.1. The van der Waals surface area contributed by atoms with Gasteiger partial charge in [-0.15, -0.1) is 0 Å². The van der Waals surface area contributed by atoms with Gasteiger partial charge in [-0.05, 0) is 43.2 Å². The smallest absolute Gasteiger partial charge is 0.258 e. The third kappa shape index (κ3) is 4.25. The standard InChI is InChI=1S/C18H21NO3/c1-13-6-4-5-7-17(13)22-12-18(20)19-14(2)15-8-10-16(21-3)11-9-15/h4-11,14H,12H2,1-3H3,(H,19,20)/t14-/m1/s1. The zero-order chi connectivity index (χ0) is 15.9. The SMILES string of the molecule is COc1ccc([C@@H](C)NC(=O)COc2ccccc2C)cc1. The summed E-state index contributed by atoms with van der Waals surface area (Å²) in [7, 11) is 1.63. The number of amides is 1. The fraction of sp³-hybridized carbons (Fsp3) is 0.278. The lowest BCUT2D eigenvalue weighted by Crippen LogP contribution is -2.31. The molecule has 2 aromatic rings. The molecule has 2 rings (SSSR count). The molecule has 0 aliphatic heterocycles. The largest absolute Gasteiger partial charge is 0.497 e. The number of hydrogen-bond donors (Lipinski definition) is 1. The van der Waals surface area contributed by atoms with E-state index in [2.05, 4.69) is 5.32 Å². The summed E-state index contributed by atoms with van der Waals surface area (Å²) in [5.74, 6) is 1.38. The highest BCUT2D eigenvalue weighted by Gasteiger charge is 2.10. The van der Waals surface area contributed by atoms with Gasteiger partial charge in [0, 0.05) is 0 Å². The van der Waals surface area contributed by atoms with Crippen LogP contribution in [0.15, 0.2) is 48.5 Å². The Balaban J connectivity index is 1.87. The number of para-hydroxylation sites is 1. The predicted octanol–water partition coefficient (Wildman–Crippen LogP) is 3.26. The minimum Gasteiger partial charge on any atom is -0.497 e. The van der Waals surface area contributed by atoms with Gasteiger partial charge in [-0.25, -0.2) is 0 Å². The maximum atomic E-state index is 12.0. The Hall–Kier alpha value is -2.49. The van der Waals surface area contributed by atoms with Crippen molar-refractivity contribution >= 4 is 5.91 Å². The van der Waals surface area contributed by atoms with Crippen molar-refractivity contribution in [1.29, 1.82) is 0 Å². The molecule has 0 radical (unpaired) electrons. The Bertz CT molecular complexity index is 622. The van der Waals surface area contributed by atoms with E-state index in [0.717, 1.165) is 22.6 Å². The van der Waals surface area contributed by atoms with Crippen LogP contribution in [0.25, 0.3) is 0 Å². The van der Waals surface area contributed by atoms with Crippen LogP contribution in [-0.4, -0.2) is 19.6 Å². The predicted molar refractivity (Wildman–Crippen MR) is 86.2 cm³/mol. The van der Waals surface area contributed by atoms with Gasteiger partial charge in [-0.3, -0.25) is 4.79 Å². The van der Waals surface area contributed by atoms with E-state index in [1.54, 1.807) is 7.11 Å². The molecule has 116 valence electrons. The normalized spacial score (nSPS) is 11.6. The van der Waals surface area contributed by atoms with E-state index in [1.807, 2.05) is 62.4 Å². The number of methoxy groups -OCH3 is 1. The van der Waals surface area contributed by atoms with Crippen LogP contribution in [0.2, 0.25) is 0 Å². The van der Waals surface area contributed by atoms with Crippen LogP contribution in [-0.2, 0) is 4.79 Å². The third-order valence-electron chi connectivity index (χ3n) is 3.45. The van der Waals surface area contributed by atoms with Gasteiger partial charge >= 0.3 is 0 Å². The zero-order valence-corrected chi connectivity index (χ0v) is 13.1. The summed E-state index contributed by atoms with van der Waals surface area (Å²) >= 11 is 0. The summed E-state index contributed by atoms with van der Waals surface area (Å²) in [5.41, 5.74) is 2.03. The average Bonchev–Trinajstić information content (AvgIpc) is 2.54. The highest BCUT2D eigenvalue weighted by Crippen LogP contribution is 2.18. The highest BCUT2D eigenvalue weighted by molar-refractivity contribution is 5.78. The molecule has 0 saturated heterocycles. The summed E-state index contributed by atoms with van der Waals surface area (Å²) in [6, 6.07) is 15.2. The second-order valence-corrected chi connectivity index (χ2v) is 5.12. The molecule has 22 heavy (non-hydrogen) atoms. The van der Waals surface area contributed by atoms with Gasteiger partial charge in [-0.1, -0.05) is 30.3 Å². The molecule has 4 nitrogen and oxygen atoms in total. The zero-order valence-electron chi connectivity index (χ0n) is 13.1. The number of hydrogen-bond acceptors (Lipinski definition) is 3. The first kappa shape index (κ1) is 15.9. The molecule has 4 heteroatoms. The second kappa shape index (κ2) is 7.50. The Kier molecular flexibility index (Phi) is 5.42. The average molecular weight is 299 g/mol. The third-order valence-corrected chi connectivity index (χ3v) is 3.45. The van der Waals surface area contributed by atoms with E-state index in [0.29, 0.717) is 0 Å². The monoisotopic (exact) mass is 299 g/mol. The van der Waals surface area contributed by atoms with Crippen LogP contribution in [0.4, 0.5) is 0 Å². The van der Waals surface area contributed by atoms with Gasteiger partial charge in [0.25, 0.3) is 5.91 Å². The number of aryl methyl sites for hydroxylation is 1. The van der Waals surface area contributed by atoms with Gasteiger partial charge in [0.05, 0.1) is 13.2 Å². The summed E-state index contributed by atoms with van der Waals surface area (Å²) in [6.45, 7) is 3.89. The summed E-state index contributed by atoms with van der Waals surface area (Å²) in [5, 5.41) is 2.92. The number of rotatable bonds is 6. The summed E-state index contributed by atoms with van der Waals surface area (Å²) in [4.78, 5) is 12.0. The van der Waals surface area contributed by atoms with Crippen LogP contribution in [0.1, 0.15) is 24.1 Å². The van der Waals surface area contributed by atoms with Gasteiger partial charge < -0.3 is 14.8 Å². The molecule has 1 amide bonds. The van der Waals surface area contributed by atoms with Crippen LogP contribution in [0, 0.1) is 6.92 Å². The highest BCUT2D eigenvalue weighted by atomic mass is 16.5. The molecular weight excluding hydrogens is 278 g/mol. The van der Waals surface area contributed by atoms with Crippen LogP contribution < -0.4 is 14.8 Å². The quantitative estimate of drug-likeness (QED) is 0.890. The number of ether oxygens (including phenoxy) is 2. The molecule has 0 bridgehead atoms. The minimum absolute atomic E-state index is 0.00531. The Morgan fingerprint density at radius 2 is 1.82 bits per heavy atom. The number of benzene rings is 2. The maximum absolute atomic E-state index is 12.0. The molecule has 0 heterocycles. The fourth-order valence-electron chi connectivity index (χ4n) is 2.12. The first-order valence-electron chi connectivity index (χ1n) is 7.22. The lowest BCUT2D eigenvalue weighted by molar-refractivity contribution is -0.123. The topological polar surface area (TPSA) is 47.6 Å². The first-order valence-corrected chi connectivity index (χ1v) is 7.22. The van der Waals surface area contributed by atoms with Gasteiger partial charge in [0.15, 0.2) is 6.61 Å². The van der Waals surface area contributed by atoms with Crippen LogP contribution in [0.5, 0.6) is 11.5 Å². The van der Waals surface area contributed by atoms with Crippen molar-refractivity contribution in [1.82, 2.24) is 5.32 Å². The second-order valence-electron chi connectivity index (χ2n) is 5.12. The van der Waals surface area contributed by atoms with E-state index >= 15 is 0 Å². The van der Waals surface area contributed by atoms with Crippen molar-refractivity contribution in [2.45, 2.75) is 19.9 Å². The molecule has 1 atom stereocenters. The molecular formula is C18H21NO3. The molecule has 0 unspecified atom stereocenters. The number of carbonyl (C=O) groups is 1. The first-order chi connectivity index (χ1) is 10.6. The molecule has 0 spiro atoms. The fourth-order valence-corrected chi connectivity index (χ4v) is 2.12. The maximum Gasteiger partial charge on any atom is 0.258 e. The van der Waals surface area contributed by atoms with Crippen molar-refractivity contribution < 1.29 is 14.3 Å². The molecule has 2 aromatic carbocycles. The number of nitrogens with one attached hydrogen (secondary N) is 1. The van der Waals surface area contributed by atoms with Crippen molar-refractivity contribution in [3.8, 4) is 11.5 Å². The molecule has 0 fully saturated rings. The molecule has 0 aliphatic carbocycles. The number of carbonyl (C=O) groups excluding carboxylic acids is 1. The van der Waals surface area contributed by atoms with E-state index in [4.69, 9.17) is 9.47 Å².